The van der Waals surface area contributed by atoms with E-state index >= 15 is 0 Å². The molecule has 1 aromatic heterocycles. The maximum absolute atomic E-state index is 13.1. The molecule has 0 spiro atoms. The number of carbonyl (C=O) groups is 1. The second-order valence-electron chi connectivity index (χ2n) is 7.27. The first-order valence-corrected chi connectivity index (χ1v) is 12.2. The van der Waals surface area contributed by atoms with Gasteiger partial charge in [-0.3, -0.25) is 10.1 Å². The number of aromatic nitrogens is 1. The van der Waals surface area contributed by atoms with Gasteiger partial charge in [-0.15, -0.1) is 11.3 Å². The number of halogens is 1. The quantitative estimate of drug-likeness (QED) is 0.744. The van der Waals surface area contributed by atoms with Gasteiger partial charge in [0.25, 0.3) is 5.91 Å². The van der Waals surface area contributed by atoms with Crippen molar-refractivity contribution in [3.8, 4) is 0 Å². The average Bonchev–Trinajstić information content (AvgIpc) is 3.47. The van der Waals surface area contributed by atoms with Gasteiger partial charge in [0.2, 0.25) is 10.0 Å². The number of nitrogens with zero attached hydrogens (tertiary/aromatic N) is 2. The van der Waals surface area contributed by atoms with Gasteiger partial charge in [0, 0.05) is 30.0 Å². The van der Waals surface area contributed by atoms with Crippen LogP contribution in [0.25, 0.3) is 0 Å². The van der Waals surface area contributed by atoms with Crippen LogP contribution in [-0.4, -0.2) is 36.7 Å². The van der Waals surface area contributed by atoms with Crippen molar-refractivity contribution in [1.82, 2.24) is 9.29 Å². The first kappa shape index (κ1) is 19.8. The largest absolute Gasteiger partial charge is 0.298 e. The van der Waals surface area contributed by atoms with Crippen LogP contribution in [0.15, 0.2) is 28.5 Å². The van der Waals surface area contributed by atoms with Gasteiger partial charge in [-0.1, -0.05) is 24.4 Å². The Morgan fingerprint density at radius 2 is 1.89 bits per heavy atom. The van der Waals surface area contributed by atoms with Crippen molar-refractivity contribution in [2.75, 3.05) is 18.4 Å². The summed E-state index contributed by atoms with van der Waals surface area (Å²) in [5, 5.41) is 5.39. The number of hydrogen-bond acceptors (Lipinski definition) is 5. The minimum atomic E-state index is -3.74. The van der Waals surface area contributed by atoms with Crippen molar-refractivity contribution in [3.63, 3.8) is 0 Å². The number of nitrogens with one attached hydrogen (secondary N) is 1. The highest BCUT2D eigenvalue weighted by Gasteiger charge is 2.29. The molecule has 1 saturated heterocycles. The standard InChI is InChI=1S/C19H22ClN3O3S2/c20-15-8-7-14(18(24)22-19-21-16(12-27-19)13-5-6-13)11-17(15)28(25,26)23-9-3-1-2-4-10-23/h7-8,11-13H,1-6,9-10H2,(H,21,22,24). The number of anilines is 1. The predicted octanol–water partition coefficient (Wildman–Crippen LogP) is 4.49. The number of carbonyl (C=O) groups excluding carboxylic acids is 1. The zero-order chi connectivity index (χ0) is 19.7. The Morgan fingerprint density at radius 3 is 2.57 bits per heavy atom. The smallest absolute Gasteiger partial charge is 0.257 e. The number of amides is 1. The van der Waals surface area contributed by atoms with Crippen LogP contribution < -0.4 is 5.32 Å². The Hall–Kier alpha value is -1.48. The molecule has 1 aliphatic carbocycles. The van der Waals surface area contributed by atoms with Crippen molar-refractivity contribution in [1.29, 1.82) is 0 Å². The molecule has 1 aromatic carbocycles. The first-order valence-electron chi connectivity index (χ1n) is 9.51. The lowest BCUT2D eigenvalue weighted by atomic mass is 10.2. The van der Waals surface area contributed by atoms with Gasteiger partial charge in [0.05, 0.1) is 10.7 Å². The summed E-state index contributed by atoms with van der Waals surface area (Å²) >= 11 is 7.59. The van der Waals surface area contributed by atoms with Crippen molar-refractivity contribution >= 4 is 44.0 Å². The van der Waals surface area contributed by atoms with E-state index in [9.17, 15) is 13.2 Å². The molecule has 1 aliphatic heterocycles. The van der Waals surface area contributed by atoms with Crippen molar-refractivity contribution in [2.24, 2.45) is 0 Å². The molecular formula is C19H22ClN3O3S2. The van der Waals surface area contributed by atoms with Gasteiger partial charge < -0.3 is 0 Å². The molecule has 1 N–H and O–H groups in total. The molecule has 1 amide bonds. The maximum Gasteiger partial charge on any atom is 0.257 e. The minimum Gasteiger partial charge on any atom is -0.298 e. The normalized spacial score (nSPS) is 18.6. The third-order valence-electron chi connectivity index (χ3n) is 5.11. The van der Waals surface area contributed by atoms with E-state index in [0.717, 1.165) is 44.2 Å². The van der Waals surface area contributed by atoms with E-state index in [0.29, 0.717) is 24.1 Å². The van der Waals surface area contributed by atoms with Crippen molar-refractivity contribution in [3.05, 3.63) is 39.9 Å². The Labute approximate surface area is 174 Å². The highest BCUT2D eigenvalue weighted by atomic mass is 35.5. The van der Waals surface area contributed by atoms with Gasteiger partial charge >= 0.3 is 0 Å². The molecule has 1 saturated carbocycles. The molecule has 28 heavy (non-hydrogen) atoms. The molecule has 2 aromatic rings. The summed E-state index contributed by atoms with van der Waals surface area (Å²) in [5.41, 5.74) is 1.27. The van der Waals surface area contributed by atoms with Gasteiger partial charge in [-0.25, -0.2) is 13.4 Å². The molecule has 150 valence electrons. The SMILES string of the molecule is O=C(Nc1nc(C2CC2)cs1)c1ccc(Cl)c(S(=O)(=O)N2CCCCCC2)c1. The molecule has 6 nitrogen and oxygen atoms in total. The number of rotatable bonds is 5. The van der Waals surface area contributed by atoms with E-state index in [1.54, 1.807) is 0 Å². The topological polar surface area (TPSA) is 79.4 Å². The van der Waals surface area contributed by atoms with Crippen molar-refractivity contribution < 1.29 is 13.2 Å². The summed E-state index contributed by atoms with van der Waals surface area (Å²) in [4.78, 5) is 17.1. The van der Waals surface area contributed by atoms with E-state index in [4.69, 9.17) is 11.6 Å². The second-order valence-corrected chi connectivity index (χ2v) is 10.4. The molecule has 0 radical (unpaired) electrons. The Morgan fingerprint density at radius 1 is 1.18 bits per heavy atom. The minimum absolute atomic E-state index is 0.0125. The predicted molar refractivity (Wildman–Crippen MR) is 111 cm³/mol. The van der Waals surface area contributed by atoms with Crippen LogP contribution in [0.5, 0.6) is 0 Å². The summed E-state index contributed by atoms with van der Waals surface area (Å²) in [6.45, 7) is 0.969. The summed E-state index contributed by atoms with van der Waals surface area (Å²) < 4.78 is 27.6. The summed E-state index contributed by atoms with van der Waals surface area (Å²) in [6.07, 6.45) is 6.02. The average molecular weight is 440 g/mol. The van der Waals surface area contributed by atoms with Crippen LogP contribution in [0.2, 0.25) is 5.02 Å². The van der Waals surface area contributed by atoms with E-state index in [-0.39, 0.29) is 21.4 Å². The van der Waals surface area contributed by atoms with Gasteiger partial charge in [-0.2, -0.15) is 4.31 Å². The molecule has 4 rings (SSSR count). The van der Waals surface area contributed by atoms with E-state index in [1.165, 1.54) is 33.8 Å². The fourth-order valence-electron chi connectivity index (χ4n) is 3.34. The summed E-state index contributed by atoms with van der Waals surface area (Å²) in [6, 6.07) is 4.38. The molecule has 9 heteroatoms. The zero-order valence-electron chi connectivity index (χ0n) is 15.4. The van der Waals surface area contributed by atoms with E-state index in [2.05, 4.69) is 10.3 Å². The molecule has 2 fully saturated rings. The van der Waals surface area contributed by atoms with Gasteiger partial charge in [0.15, 0.2) is 5.13 Å². The summed E-state index contributed by atoms with van der Waals surface area (Å²) in [7, 11) is -3.74. The molecule has 0 unspecified atom stereocenters. The third-order valence-corrected chi connectivity index (χ3v) is 8.27. The van der Waals surface area contributed by atoms with Crippen LogP contribution in [0.3, 0.4) is 0 Å². The van der Waals surface area contributed by atoms with Crippen molar-refractivity contribution in [2.45, 2.75) is 49.3 Å². The second kappa shape index (κ2) is 8.10. The van der Waals surface area contributed by atoms with Gasteiger partial charge in [-0.05, 0) is 43.9 Å². The maximum atomic E-state index is 13.1. The van der Waals surface area contributed by atoms with Crippen LogP contribution in [0, 0.1) is 0 Å². The van der Waals surface area contributed by atoms with Crippen LogP contribution in [-0.2, 0) is 10.0 Å². The Bertz CT molecular complexity index is 978. The van der Waals surface area contributed by atoms with Crippen LogP contribution in [0.1, 0.15) is 60.5 Å². The van der Waals surface area contributed by atoms with Gasteiger partial charge in [0.1, 0.15) is 4.90 Å². The lowest BCUT2D eigenvalue weighted by Crippen LogP contribution is -2.32. The molecule has 0 bridgehead atoms. The zero-order valence-corrected chi connectivity index (χ0v) is 17.7. The molecule has 2 heterocycles. The highest BCUT2D eigenvalue weighted by Crippen LogP contribution is 2.41. The third kappa shape index (κ3) is 4.25. The number of benzene rings is 1. The lowest BCUT2D eigenvalue weighted by molar-refractivity contribution is 0.102. The van der Waals surface area contributed by atoms with Crippen LogP contribution in [0.4, 0.5) is 5.13 Å². The Kier molecular flexibility index (Phi) is 5.73. The number of sulfonamides is 1. The lowest BCUT2D eigenvalue weighted by Gasteiger charge is -2.21. The Balaban J connectivity index is 1.56. The fraction of sp³-hybridized carbons (Fsp3) is 0.474. The fourth-order valence-corrected chi connectivity index (χ4v) is 6.15. The molecule has 2 aliphatic rings. The van der Waals surface area contributed by atoms with E-state index < -0.39 is 10.0 Å². The number of hydrogen-bond donors (Lipinski definition) is 1. The molecule has 0 atom stereocenters. The van der Waals surface area contributed by atoms with Crippen LogP contribution >= 0.6 is 22.9 Å². The highest BCUT2D eigenvalue weighted by molar-refractivity contribution is 7.89. The molecular weight excluding hydrogens is 418 g/mol. The van der Waals surface area contributed by atoms with E-state index in [1.807, 2.05) is 5.38 Å². The first-order chi connectivity index (χ1) is 13.4. The number of thiazole rings is 1. The monoisotopic (exact) mass is 439 g/mol. The summed E-state index contributed by atoms with van der Waals surface area (Å²) in [5.74, 6) is 0.128.